The minimum Gasteiger partial charge on any atom is -0.463 e. The Morgan fingerprint density at radius 1 is 0.889 bits per heavy atom. The second-order valence-electron chi connectivity index (χ2n) is 15.7. The van der Waals surface area contributed by atoms with Gasteiger partial charge in [0.05, 0.1) is 19.7 Å². The predicted molar refractivity (Wildman–Crippen MR) is 211 cm³/mol. The minimum absolute atomic E-state index is 0.0428. The molecule has 0 aromatic heterocycles. The number of hydrogen-bond acceptors (Lipinski definition) is 7. The number of carbonyl (C=O) groups excluding carboxylic acids is 2. The van der Waals surface area contributed by atoms with E-state index in [1.165, 1.54) is 43.7 Å². The molecule has 3 aliphatic heterocycles. The molecule has 0 bridgehead atoms. The lowest BCUT2D eigenvalue weighted by Crippen LogP contribution is -2.64. The quantitative estimate of drug-likeness (QED) is 0.125. The smallest absolute Gasteiger partial charge is 0.330 e. The second-order valence-corrected chi connectivity index (χ2v) is 16.9. The number of rotatable bonds is 15. The number of esters is 1. The summed E-state index contributed by atoms with van der Waals surface area (Å²) in [6, 6.07) is 23.1. The number of likely N-dealkylation sites (tertiary alicyclic amines) is 2. The van der Waals surface area contributed by atoms with Crippen molar-refractivity contribution in [3.8, 4) is 0 Å². The van der Waals surface area contributed by atoms with Crippen LogP contribution >= 0.6 is 11.8 Å². The van der Waals surface area contributed by atoms with Crippen LogP contribution in [0.5, 0.6) is 0 Å². The maximum Gasteiger partial charge on any atom is 0.330 e. The molecule has 1 amide bonds. The Hall–Kier alpha value is -3.73. The van der Waals surface area contributed by atoms with E-state index in [9.17, 15) is 14.0 Å². The van der Waals surface area contributed by atoms with Crippen LogP contribution in [0.2, 0.25) is 0 Å². The zero-order valence-corrected chi connectivity index (χ0v) is 32.3. The lowest BCUT2D eigenvalue weighted by atomic mass is 9.58. The number of nitrogens with one attached hydrogen (secondary N) is 1. The molecule has 54 heavy (non-hydrogen) atoms. The molecule has 3 saturated heterocycles. The van der Waals surface area contributed by atoms with Crippen LogP contribution in [-0.2, 0) is 14.9 Å². The summed E-state index contributed by atoms with van der Waals surface area (Å²) in [4.78, 5) is 33.1. The topological polar surface area (TPSA) is 65.1 Å². The van der Waals surface area contributed by atoms with Gasteiger partial charge in [0, 0.05) is 52.2 Å². The van der Waals surface area contributed by atoms with Crippen molar-refractivity contribution in [3.05, 3.63) is 102 Å². The first-order valence-electron chi connectivity index (χ1n) is 19.9. The standard InChI is InChI=1S/C44H54F2N4O3S/c1-2-53-41(51)15-7-22-47-42(52)33-9-5-14-40(27-33)54-39-18-16-38(17-19-39)50-30-43(46,31-50)29-49-25-20-35(21-26-49)44(32-48-23-8-24-48,34-10-3-4-11-34)36-12-6-13-37(45)28-36/h5-7,9,12-19,27-28,34-35H,2-4,8,10-11,20-26,29-32H2,1H3,(H,47,52)/b15-7+. The van der Waals surface area contributed by atoms with E-state index in [0.717, 1.165) is 61.0 Å². The summed E-state index contributed by atoms with van der Waals surface area (Å²) in [5, 5.41) is 2.79. The van der Waals surface area contributed by atoms with E-state index < -0.39 is 11.6 Å². The van der Waals surface area contributed by atoms with E-state index in [1.54, 1.807) is 36.9 Å². The summed E-state index contributed by atoms with van der Waals surface area (Å²) >= 11 is 1.57. The van der Waals surface area contributed by atoms with Crippen LogP contribution in [0.15, 0.2) is 94.7 Å². The van der Waals surface area contributed by atoms with E-state index in [0.29, 0.717) is 43.6 Å². The molecule has 3 aromatic rings. The van der Waals surface area contributed by atoms with Crippen molar-refractivity contribution in [2.75, 3.05) is 70.4 Å². The van der Waals surface area contributed by atoms with Gasteiger partial charge in [0.2, 0.25) is 0 Å². The van der Waals surface area contributed by atoms with E-state index >= 15 is 4.39 Å². The van der Waals surface area contributed by atoms with Gasteiger partial charge in [0.15, 0.2) is 5.67 Å². The predicted octanol–water partition coefficient (Wildman–Crippen LogP) is 7.90. The van der Waals surface area contributed by atoms with E-state index in [1.807, 2.05) is 54.6 Å². The fraction of sp³-hybridized carbons (Fsp3) is 0.500. The maximum absolute atomic E-state index is 16.2. The van der Waals surface area contributed by atoms with Gasteiger partial charge in [-0.15, -0.1) is 0 Å². The van der Waals surface area contributed by atoms with E-state index in [-0.39, 0.29) is 23.7 Å². The number of amides is 1. The molecule has 7 rings (SSSR count). The number of hydrogen-bond donors (Lipinski definition) is 1. The van der Waals surface area contributed by atoms with Crippen LogP contribution in [0.25, 0.3) is 0 Å². The average Bonchev–Trinajstić information content (AvgIpc) is 3.69. The summed E-state index contributed by atoms with van der Waals surface area (Å²) in [7, 11) is 0. The molecule has 3 heterocycles. The summed E-state index contributed by atoms with van der Waals surface area (Å²) in [6.07, 6.45) is 11.2. The molecule has 3 aromatic carbocycles. The van der Waals surface area contributed by atoms with Gasteiger partial charge in [-0.1, -0.05) is 48.9 Å². The SMILES string of the molecule is CCOC(=O)/C=C/CNC(=O)c1cccc(Sc2ccc(N3CC(F)(CN4CCC(C(CN5CCC5)(c5cccc(F)c5)C5CCCC5)CC4)C3)cc2)c1. The zero-order chi connectivity index (χ0) is 37.5. The Bertz CT molecular complexity index is 1770. The molecular formula is C44H54F2N4O3S. The molecule has 1 saturated carbocycles. The Morgan fingerprint density at radius 3 is 2.30 bits per heavy atom. The lowest BCUT2D eigenvalue weighted by molar-refractivity contribution is -0.137. The molecule has 1 unspecified atom stereocenters. The molecule has 10 heteroatoms. The van der Waals surface area contributed by atoms with Crippen molar-refractivity contribution in [1.82, 2.24) is 15.1 Å². The number of halogens is 2. The van der Waals surface area contributed by atoms with E-state index in [4.69, 9.17) is 4.74 Å². The highest BCUT2D eigenvalue weighted by molar-refractivity contribution is 7.99. The van der Waals surface area contributed by atoms with Crippen LogP contribution in [0.3, 0.4) is 0 Å². The fourth-order valence-corrected chi connectivity index (χ4v) is 10.2. The number of carbonyl (C=O) groups is 2. The highest BCUT2D eigenvalue weighted by Crippen LogP contribution is 2.51. The fourth-order valence-electron chi connectivity index (χ4n) is 9.37. The van der Waals surface area contributed by atoms with Crippen LogP contribution in [0, 0.1) is 17.7 Å². The van der Waals surface area contributed by atoms with Gasteiger partial charge in [-0.25, -0.2) is 13.6 Å². The zero-order valence-electron chi connectivity index (χ0n) is 31.5. The molecule has 0 spiro atoms. The number of ether oxygens (including phenoxy) is 1. The van der Waals surface area contributed by atoms with Crippen LogP contribution in [0.1, 0.15) is 67.8 Å². The third kappa shape index (κ3) is 9.03. The summed E-state index contributed by atoms with van der Waals surface area (Å²) in [6.45, 7) is 8.58. The highest BCUT2D eigenvalue weighted by Gasteiger charge is 2.51. The summed E-state index contributed by atoms with van der Waals surface area (Å²) < 4.78 is 35.8. The summed E-state index contributed by atoms with van der Waals surface area (Å²) in [5.41, 5.74) is 1.46. The highest BCUT2D eigenvalue weighted by atomic mass is 32.2. The molecular weight excluding hydrogens is 703 g/mol. The maximum atomic E-state index is 16.2. The molecule has 4 aliphatic rings. The Balaban J connectivity index is 0.908. The molecule has 288 valence electrons. The normalized spacial score (nSPS) is 20.7. The van der Waals surface area contributed by atoms with Crippen LogP contribution in [0.4, 0.5) is 14.5 Å². The third-order valence-electron chi connectivity index (χ3n) is 12.1. The van der Waals surface area contributed by atoms with Gasteiger partial charge in [0.25, 0.3) is 5.91 Å². The first-order valence-corrected chi connectivity index (χ1v) is 20.7. The third-order valence-corrected chi connectivity index (χ3v) is 13.1. The summed E-state index contributed by atoms with van der Waals surface area (Å²) in [5.74, 6) is 0.254. The van der Waals surface area contributed by atoms with Gasteiger partial charge in [-0.3, -0.25) is 9.69 Å². The lowest BCUT2D eigenvalue weighted by Gasteiger charge is -2.53. The minimum atomic E-state index is -1.24. The Morgan fingerprint density at radius 2 is 1.61 bits per heavy atom. The van der Waals surface area contributed by atoms with Gasteiger partial charge in [-0.2, -0.15) is 0 Å². The van der Waals surface area contributed by atoms with E-state index in [2.05, 4.69) is 26.1 Å². The molecule has 1 N–H and O–H groups in total. The van der Waals surface area contributed by atoms with Crippen molar-refractivity contribution < 1.29 is 23.1 Å². The van der Waals surface area contributed by atoms with Gasteiger partial charge >= 0.3 is 5.97 Å². The van der Waals surface area contributed by atoms with Crippen molar-refractivity contribution >= 4 is 29.3 Å². The Labute approximate surface area is 323 Å². The monoisotopic (exact) mass is 756 g/mol. The van der Waals surface area contributed by atoms with Gasteiger partial charge in [-0.05, 0) is 137 Å². The molecule has 0 radical (unpaired) electrons. The molecule has 7 nitrogen and oxygen atoms in total. The number of nitrogens with zero attached hydrogens (tertiary/aromatic N) is 3. The van der Waals surface area contributed by atoms with Crippen LogP contribution in [-0.4, -0.2) is 92.9 Å². The Kier molecular flexibility index (Phi) is 12.4. The molecule has 1 atom stereocenters. The van der Waals surface area contributed by atoms with Crippen molar-refractivity contribution in [1.29, 1.82) is 0 Å². The van der Waals surface area contributed by atoms with Gasteiger partial charge in [0.1, 0.15) is 5.82 Å². The molecule has 1 aliphatic carbocycles. The average molecular weight is 757 g/mol. The van der Waals surface area contributed by atoms with Crippen molar-refractivity contribution in [2.45, 2.75) is 72.7 Å². The largest absolute Gasteiger partial charge is 0.463 e. The number of piperidine rings is 1. The second kappa shape index (κ2) is 17.4. The number of anilines is 1. The van der Waals surface area contributed by atoms with Crippen LogP contribution < -0.4 is 10.2 Å². The number of benzene rings is 3. The van der Waals surface area contributed by atoms with Crippen molar-refractivity contribution in [2.24, 2.45) is 11.8 Å². The first-order chi connectivity index (χ1) is 26.2. The van der Waals surface area contributed by atoms with Gasteiger partial charge < -0.3 is 19.9 Å². The van der Waals surface area contributed by atoms with Crippen molar-refractivity contribution in [3.63, 3.8) is 0 Å². The first kappa shape index (κ1) is 38.5. The molecule has 4 fully saturated rings. The number of alkyl halides is 1.